The van der Waals surface area contributed by atoms with Gasteiger partial charge < -0.3 is 5.11 Å². The predicted octanol–water partition coefficient (Wildman–Crippen LogP) is 4.06. The van der Waals surface area contributed by atoms with Gasteiger partial charge in [0.15, 0.2) is 0 Å². The van der Waals surface area contributed by atoms with Crippen molar-refractivity contribution < 1.29 is 5.11 Å². The maximum absolute atomic E-state index is 9.79. The number of hydrogen-bond donors (Lipinski definition) is 1. The second-order valence-corrected chi connectivity index (χ2v) is 4.37. The Bertz CT molecular complexity index is 294. The molecule has 0 bridgehead atoms. The summed E-state index contributed by atoms with van der Waals surface area (Å²) < 4.78 is 0. The Morgan fingerprint density at radius 1 is 1.27 bits per heavy atom. The van der Waals surface area contributed by atoms with Crippen LogP contribution in [0.2, 0.25) is 5.02 Å². The first-order valence-corrected chi connectivity index (χ1v) is 4.77. The minimum Gasteiger partial charge on any atom is -0.390 e. The lowest BCUT2D eigenvalue weighted by Gasteiger charge is -2.26. The van der Waals surface area contributed by atoms with Crippen LogP contribution in [0.1, 0.15) is 32.3 Å². The van der Waals surface area contributed by atoms with Crippen LogP contribution in [-0.2, 0) is 0 Å². The Kier molecular flexibility index (Phi) is 7.67. The highest BCUT2D eigenvalue weighted by molar-refractivity contribution is 6.30. The van der Waals surface area contributed by atoms with Crippen molar-refractivity contribution in [2.24, 2.45) is 0 Å². The summed E-state index contributed by atoms with van der Waals surface area (Å²) in [5.41, 5.74) is 0.366. The summed E-state index contributed by atoms with van der Waals surface area (Å²) in [5.74, 6) is 0.0891. The van der Waals surface area contributed by atoms with Gasteiger partial charge in [-0.2, -0.15) is 0 Å². The van der Waals surface area contributed by atoms with E-state index in [9.17, 15) is 5.11 Å². The zero-order valence-corrected chi connectivity index (χ0v) is 11.4. The third-order valence-corrected chi connectivity index (χ3v) is 2.64. The first-order valence-electron chi connectivity index (χ1n) is 4.39. The molecule has 0 spiro atoms. The van der Waals surface area contributed by atoms with Gasteiger partial charge in [-0.1, -0.05) is 30.7 Å². The molecular weight excluding hydrogens is 254 g/mol. The minimum atomic E-state index is -0.704. The van der Waals surface area contributed by atoms with Gasteiger partial charge in [0.2, 0.25) is 0 Å². The lowest BCUT2D eigenvalue weighted by molar-refractivity contribution is 0.0559. The summed E-state index contributed by atoms with van der Waals surface area (Å²) in [7, 11) is 0. The molecule has 1 atom stereocenters. The van der Waals surface area contributed by atoms with E-state index in [-0.39, 0.29) is 30.7 Å². The molecule has 0 aromatic heterocycles. The highest BCUT2D eigenvalue weighted by Gasteiger charge is 2.23. The van der Waals surface area contributed by atoms with Crippen molar-refractivity contribution in [3.63, 3.8) is 0 Å². The van der Waals surface area contributed by atoms with Crippen LogP contribution in [0.3, 0.4) is 0 Å². The monoisotopic (exact) mass is 270 g/mol. The fourth-order valence-electron chi connectivity index (χ4n) is 1.18. The average Bonchev–Trinajstić information content (AvgIpc) is 2.01. The van der Waals surface area contributed by atoms with Gasteiger partial charge in [0, 0.05) is 10.9 Å². The van der Waals surface area contributed by atoms with Gasteiger partial charge in [0.05, 0.1) is 5.60 Å². The first kappa shape index (κ1) is 17.4. The minimum absolute atomic E-state index is 0. The highest BCUT2D eigenvalue weighted by Crippen LogP contribution is 2.28. The zero-order chi connectivity index (χ0) is 10.1. The molecule has 0 aliphatic heterocycles. The smallest absolute Gasteiger partial charge is 0.0657 e. The molecule has 0 radical (unpaired) electrons. The molecule has 0 saturated heterocycles. The standard InChI is InChI=1S/C11H15ClO.2ClH/c1-8(11(2,3)13)9-5-4-6-10(12)7-9;;/h4-8,13H,1-3H3;2*1H. The van der Waals surface area contributed by atoms with Gasteiger partial charge >= 0.3 is 0 Å². The van der Waals surface area contributed by atoms with Crippen molar-refractivity contribution in [2.75, 3.05) is 0 Å². The second kappa shape index (κ2) is 6.59. The Morgan fingerprint density at radius 3 is 2.20 bits per heavy atom. The summed E-state index contributed by atoms with van der Waals surface area (Å²) in [4.78, 5) is 0. The van der Waals surface area contributed by atoms with Crippen LogP contribution < -0.4 is 0 Å². The zero-order valence-electron chi connectivity index (χ0n) is 9.03. The van der Waals surface area contributed by atoms with Crippen molar-refractivity contribution in [3.8, 4) is 0 Å². The number of benzene rings is 1. The third kappa shape index (κ3) is 5.07. The molecule has 1 aromatic carbocycles. The first-order chi connectivity index (χ1) is 5.91. The van der Waals surface area contributed by atoms with Crippen LogP contribution >= 0.6 is 36.4 Å². The Hall–Kier alpha value is 0.0500. The highest BCUT2D eigenvalue weighted by atomic mass is 35.5. The van der Waals surface area contributed by atoms with Crippen LogP contribution in [0.5, 0.6) is 0 Å². The predicted molar refractivity (Wildman–Crippen MR) is 70.7 cm³/mol. The molecule has 0 fully saturated rings. The van der Waals surface area contributed by atoms with Gasteiger partial charge in [0.1, 0.15) is 0 Å². The summed E-state index contributed by atoms with van der Waals surface area (Å²) in [6.45, 7) is 5.60. The van der Waals surface area contributed by atoms with Crippen molar-refractivity contribution in [1.29, 1.82) is 0 Å². The number of halogens is 3. The molecule has 4 heteroatoms. The van der Waals surface area contributed by atoms with E-state index < -0.39 is 5.60 Å². The largest absolute Gasteiger partial charge is 0.390 e. The summed E-state index contributed by atoms with van der Waals surface area (Å²) in [6.07, 6.45) is 0. The molecule has 0 amide bonds. The van der Waals surface area contributed by atoms with E-state index in [1.807, 2.05) is 31.2 Å². The quantitative estimate of drug-likeness (QED) is 0.860. The van der Waals surface area contributed by atoms with Gasteiger partial charge in [-0.25, -0.2) is 0 Å². The van der Waals surface area contributed by atoms with Gasteiger partial charge in [-0.05, 0) is 31.5 Å². The Morgan fingerprint density at radius 2 is 1.80 bits per heavy atom. The summed E-state index contributed by atoms with van der Waals surface area (Å²) in [5, 5.41) is 10.5. The second-order valence-electron chi connectivity index (χ2n) is 3.93. The van der Waals surface area contributed by atoms with Crippen LogP contribution in [0.4, 0.5) is 0 Å². The molecule has 0 aliphatic rings. The molecule has 0 aliphatic carbocycles. The molecule has 1 N–H and O–H groups in total. The van der Waals surface area contributed by atoms with E-state index in [2.05, 4.69) is 0 Å². The van der Waals surface area contributed by atoms with E-state index in [0.29, 0.717) is 5.02 Å². The summed E-state index contributed by atoms with van der Waals surface area (Å²) >= 11 is 5.86. The molecule has 1 unspecified atom stereocenters. The van der Waals surface area contributed by atoms with Crippen molar-refractivity contribution in [1.82, 2.24) is 0 Å². The molecule has 1 nitrogen and oxygen atoms in total. The number of hydrogen-bond acceptors (Lipinski definition) is 1. The molecule has 1 rings (SSSR count). The molecule has 0 heterocycles. The summed E-state index contributed by atoms with van der Waals surface area (Å²) in [6, 6.07) is 7.61. The van der Waals surface area contributed by atoms with Crippen molar-refractivity contribution in [2.45, 2.75) is 32.3 Å². The van der Waals surface area contributed by atoms with E-state index in [1.165, 1.54) is 0 Å². The SMILES string of the molecule is CC(c1cccc(Cl)c1)C(C)(C)O.Cl.Cl. The van der Waals surface area contributed by atoms with Crippen molar-refractivity contribution >= 4 is 36.4 Å². The lowest BCUT2D eigenvalue weighted by atomic mass is 9.86. The van der Waals surface area contributed by atoms with Gasteiger partial charge in [-0.3, -0.25) is 0 Å². The van der Waals surface area contributed by atoms with E-state index in [1.54, 1.807) is 13.8 Å². The van der Waals surface area contributed by atoms with E-state index in [4.69, 9.17) is 11.6 Å². The molecular formula is C11H17Cl3O. The van der Waals surface area contributed by atoms with Crippen LogP contribution in [0, 0.1) is 0 Å². The average molecular weight is 272 g/mol. The van der Waals surface area contributed by atoms with Gasteiger partial charge in [-0.15, -0.1) is 24.8 Å². The van der Waals surface area contributed by atoms with E-state index in [0.717, 1.165) is 5.56 Å². The van der Waals surface area contributed by atoms with Crippen LogP contribution in [0.25, 0.3) is 0 Å². The van der Waals surface area contributed by atoms with Crippen LogP contribution in [-0.4, -0.2) is 10.7 Å². The lowest BCUT2D eigenvalue weighted by Crippen LogP contribution is -2.26. The molecule has 0 saturated carbocycles. The molecule has 15 heavy (non-hydrogen) atoms. The van der Waals surface area contributed by atoms with Gasteiger partial charge in [0.25, 0.3) is 0 Å². The fourth-order valence-corrected chi connectivity index (χ4v) is 1.38. The van der Waals surface area contributed by atoms with E-state index >= 15 is 0 Å². The third-order valence-electron chi connectivity index (χ3n) is 2.41. The number of rotatable bonds is 2. The Balaban J connectivity index is 0. The fraction of sp³-hybridized carbons (Fsp3) is 0.455. The molecule has 1 aromatic rings. The topological polar surface area (TPSA) is 20.2 Å². The Labute approximate surface area is 109 Å². The molecule has 88 valence electrons. The van der Waals surface area contributed by atoms with Crippen molar-refractivity contribution in [3.05, 3.63) is 34.9 Å². The normalized spacial score (nSPS) is 12.3. The maximum Gasteiger partial charge on any atom is 0.0657 e. The maximum atomic E-state index is 9.79. The number of aliphatic hydroxyl groups is 1. The van der Waals surface area contributed by atoms with Crippen LogP contribution in [0.15, 0.2) is 24.3 Å².